The fourth-order valence-electron chi connectivity index (χ4n) is 2.10. The maximum atomic E-state index is 11.0. The molecule has 1 N–H and O–H groups in total. The molecular weight excluding hydrogens is 332 g/mol. The molecule has 0 saturated carbocycles. The summed E-state index contributed by atoms with van der Waals surface area (Å²) in [5, 5.41) is 18.1. The van der Waals surface area contributed by atoms with Gasteiger partial charge in [-0.3, -0.25) is 4.98 Å². The average Bonchev–Trinajstić information content (AvgIpc) is 2.68. The summed E-state index contributed by atoms with van der Waals surface area (Å²) in [6.45, 7) is 0. The van der Waals surface area contributed by atoms with E-state index in [4.69, 9.17) is 15.1 Å². The van der Waals surface area contributed by atoms with Crippen LogP contribution in [-0.4, -0.2) is 26.0 Å². The maximum Gasteiger partial charge on any atom is 0.354 e. The standard InChI is InChI=1S/C19H12N4O3/c20-11-14-4-8-17(19(24)25)23-16(14)7-3-13-1-5-15(6-2-13)26-18-12-21-9-10-22-18/h1-10,12H,(H,24,25). The Kier molecular flexibility index (Phi) is 4.96. The van der Waals surface area contributed by atoms with Crippen LogP contribution in [0.4, 0.5) is 0 Å². The lowest BCUT2D eigenvalue weighted by Gasteiger charge is -2.04. The van der Waals surface area contributed by atoms with Crippen molar-refractivity contribution in [3.63, 3.8) is 0 Å². The minimum atomic E-state index is -1.14. The fourth-order valence-corrected chi connectivity index (χ4v) is 2.10. The summed E-state index contributed by atoms with van der Waals surface area (Å²) in [4.78, 5) is 23.0. The van der Waals surface area contributed by atoms with Crippen LogP contribution in [0.25, 0.3) is 12.2 Å². The van der Waals surface area contributed by atoms with Crippen LogP contribution in [0.5, 0.6) is 11.6 Å². The van der Waals surface area contributed by atoms with Crippen molar-refractivity contribution in [2.24, 2.45) is 0 Å². The van der Waals surface area contributed by atoms with Gasteiger partial charge in [-0.25, -0.2) is 14.8 Å². The highest BCUT2D eigenvalue weighted by atomic mass is 16.5. The van der Waals surface area contributed by atoms with E-state index in [1.54, 1.807) is 30.5 Å². The Morgan fingerprint density at radius 2 is 1.92 bits per heavy atom. The van der Waals surface area contributed by atoms with Gasteiger partial charge in [0, 0.05) is 12.4 Å². The molecule has 126 valence electrons. The number of benzene rings is 1. The van der Waals surface area contributed by atoms with Gasteiger partial charge < -0.3 is 9.84 Å². The number of carbonyl (C=O) groups is 1. The van der Waals surface area contributed by atoms with Crippen molar-refractivity contribution < 1.29 is 14.6 Å². The third-order valence-corrected chi connectivity index (χ3v) is 3.34. The number of nitrogens with zero attached hydrogens (tertiary/aromatic N) is 4. The van der Waals surface area contributed by atoms with Crippen molar-refractivity contribution in [3.05, 3.63) is 77.5 Å². The van der Waals surface area contributed by atoms with Gasteiger partial charge in [0.25, 0.3) is 0 Å². The van der Waals surface area contributed by atoms with Crippen LogP contribution in [0.3, 0.4) is 0 Å². The third-order valence-electron chi connectivity index (χ3n) is 3.34. The first-order valence-electron chi connectivity index (χ1n) is 7.52. The molecule has 7 heteroatoms. The minimum absolute atomic E-state index is 0.114. The molecule has 0 fully saturated rings. The van der Waals surface area contributed by atoms with E-state index < -0.39 is 5.97 Å². The second-order valence-corrected chi connectivity index (χ2v) is 5.09. The number of hydrogen-bond acceptors (Lipinski definition) is 6. The van der Waals surface area contributed by atoms with E-state index in [1.807, 2.05) is 18.2 Å². The number of ether oxygens (including phenoxy) is 1. The number of hydrogen-bond donors (Lipinski definition) is 1. The molecule has 0 amide bonds. The summed E-state index contributed by atoms with van der Waals surface area (Å²) in [6, 6.07) is 11.9. The summed E-state index contributed by atoms with van der Waals surface area (Å²) in [7, 11) is 0. The minimum Gasteiger partial charge on any atom is -0.477 e. The number of aromatic carboxylic acids is 1. The highest BCUT2D eigenvalue weighted by Gasteiger charge is 2.08. The quantitative estimate of drug-likeness (QED) is 0.755. The Hall–Kier alpha value is -4.05. The van der Waals surface area contributed by atoms with Crippen molar-refractivity contribution in [2.45, 2.75) is 0 Å². The van der Waals surface area contributed by atoms with Crippen LogP contribution in [0, 0.1) is 11.3 Å². The van der Waals surface area contributed by atoms with E-state index in [0.717, 1.165) is 5.56 Å². The molecular formula is C19H12N4O3. The molecule has 0 aliphatic rings. The molecule has 0 saturated heterocycles. The zero-order valence-corrected chi connectivity index (χ0v) is 13.4. The number of nitriles is 1. The molecule has 26 heavy (non-hydrogen) atoms. The first-order chi connectivity index (χ1) is 12.7. The summed E-state index contributed by atoms with van der Waals surface area (Å²) >= 11 is 0. The number of rotatable bonds is 5. The van der Waals surface area contributed by atoms with Gasteiger partial charge in [-0.05, 0) is 35.9 Å². The second kappa shape index (κ2) is 7.68. The summed E-state index contributed by atoms with van der Waals surface area (Å²) < 4.78 is 5.56. The number of carboxylic acids is 1. The van der Waals surface area contributed by atoms with E-state index in [9.17, 15) is 4.79 Å². The van der Waals surface area contributed by atoms with Gasteiger partial charge in [0.1, 0.15) is 17.5 Å². The van der Waals surface area contributed by atoms with Gasteiger partial charge in [-0.2, -0.15) is 5.26 Å². The van der Waals surface area contributed by atoms with E-state index in [1.165, 1.54) is 24.5 Å². The van der Waals surface area contributed by atoms with Crippen molar-refractivity contribution >= 4 is 18.1 Å². The fraction of sp³-hybridized carbons (Fsp3) is 0. The second-order valence-electron chi connectivity index (χ2n) is 5.09. The first-order valence-corrected chi connectivity index (χ1v) is 7.52. The molecule has 0 radical (unpaired) electrons. The Balaban J connectivity index is 1.78. The van der Waals surface area contributed by atoms with Crippen LogP contribution in [0.2, 0.25) is 0 Å². The number of carboxylic acid groups (broad SMARTS) is 1. The summed E-state index contributed by atoms with van der Waals surface area (Å²) in [6.07, 6.45) is 7.95. The number of aromatic nitrogens is 3. The number of pyridine rings is 1. The lowest BCUT2D eigenvalue weighted by Crippen LogP contribution is -2.02. The molecule has 0 bridgehead atoms. The van der Waals surface area contributed by atoms with E-state index in [-0.39, 0.29) is 5.69 Å². The van der Waals surface area contributed by atoms with Gasteiger partial charge in [-0.15, -0.1) is 0 Å². The molecule has 0 spiro atoms. The zero-order chi connectivity index (χ0) is 18.4. The summed E-state index contributed by atoms with van der Waals surface area (Å²) in [5.74, 6) is -0.148. The van der Waals surface area contributed by atoms with Crippen molar-refractivity contribution in [2.75, 3.05) is 0 Å². The molecule has 2 heterocycles. The van der Waals surface area contributed by atoms with Gasteiger partial charge in [0.05, 0.1) is 17.5 Å². The molecule has 2 aromatic heterocycles. The van der Waals surface area contributed by atoms with Crippen LogP contribution in [0.1, 0.15) is 27.3 Å². The SMILES string of the molecule is N#Cc1ccc(C(=O)O)nc1C=Cc1ccc(Oc2cnccn2)cc1. The van der Waals surface area contributed by atoms with Crippen LogP contribution in [0.15, 0.2) is 55.0 Å². The highest BCUT2D eigenvalue weighted by Crippen LogP contribution is 2.20. The molecule has 0 aliphatic carbocycles. The average molecular weight is 344 g/mol. The Bertz CT molecular complexity index is 994. The van der Waals surface area contributed by atoms with Crippen LogP contribution >= 0.6 is 0 Å². The third kappa shape index (κ3) is 4.07. The Labute approximate surface area is 148 Å². The van der Waals surface area contributed by atoms with E-state index in [0.29, 0.717) is 22.9 Å². The largest absolute Gasteiger partial charge is 0.477 e. The van der Waals surface area contributed by atoms with Gasteiger partial charge >= 0.3 is 5.97 Å². The predicted molar refractivity (Wildman–Crippen MR) is 93.4 cm³/mol. The molecule has 3 aromatic rings. The first kappa shape index (κ1) is 16.8. The van der Waals surface area contributed by atoms with Gasteiger partial charge in [0.15, 0.2) is 0 Å². The normalized spacial score (nSPS) is 10.4. The van der Waals surface area contributed by atoms with Crippen molar-refractivity contribution in [1.29, 1.82) is 5.26 Å². The van der Waals surface area contributed by atoms with Crippen LogP contribution < -0.4 is 4.74 Å². The van der Waals surface area contributed by atoms with E-state index >= 15 is 0 Å². The smallest absolute Gasteiger partial charge is 0.354 e. The van der Waals surface area contributed by atoms with Crippen molar-refractivity contribution in [1.82, 2.24) is 15.0 Å². The van der Waals surface area contributed by atoms with Crippen LogP contribution in [-0.2, 0) is 0 Å². The monoisotopic (exact) mass is 344 g/mol. The molecule has 1 aromatic carbocycles. The predicted octanol–water partition coefficient (Wildman–Crippen LogP) is 3.40. The van der Waals surface area contributed by atoms with Crippen molar-refractivity contribution in [3.8, 4) is 17.7 Å². The highest BCUT2D eigenvalue weighted by molar-refractivity contribution is 5.86. The topological polar surface area (TPSA) is 109 Å². The molecule has 0 aliphatic heterocycles. The Morgan fingerprint density at radius 3 is 2.58 bits per heavy atom. The summed E-state index contributed by atoms with van der Waals surface area (Å²) in [5.41, 5.74) is 1.32. The molecule has 0 atom stereocenters. The lowest BCUT2D eigenvalue weighted by molar-refractivity contribution is 0.0690. The molecule has 0 unspecified atom stereocenters. The zero-order valence-electron chi connectivity index (χ0n) is 13.4. The molecule has 3 rings (SSSR count). The maximum absolute atomic E-state index is 11.0. The molecule has 7 nitrogen and oxygen atoms in total. The lowest BCUT2D eigenvalue weighted by atomic mass is 10.1. The van der Waals surface area contributed by atoms with Gasteiger partial charge in [0.2, 0.25) is 5.88 Å². The van der Waals surface area contributed by atoms with E-state index in [2.05, 4.69) is 15.0 Å². The Morgan fingerprint density at radius 1 is 1.12 bits per heavy atom. The van der Waals surface area contributed by atoms with Gasteiger partial charge in [-0.1, -0.05) is 18.2 Å².